The number of H-pyrrole nitrogens is 2. The number of hydrogen-bond acceptors (Lipinski definition) is 0. The molecule has 0 aliphatic carbocycles. The number of aromatic nitrogens is 3. The minimum absolute atomic E-state index is 0.769. The summed E-state index contributed by atoms with van der Waals surface area (Å²) in [5, 5.41) is 4.99. The van der Waals surface area contributed by atoms with Crippen LogP contribution in [0.4, 0.5) is 0 Å². The van der Waals surface area contributed by atoms with Crippen molar-refractivity contribution in [2.45, 2.75) is 6.54 Å². The van der Waals surface area contributed by atoms with Gasteiger partial charge in [-0.05, 0) is 29.8 Å². The van der Waals surface area contributed by atoms with Crippen LogP contribution in [0.5, 0.6) is 0 Å². The van der Waals surface area contributed by atoms with Gasteiger partial charge in [0.15, 0.2) is 0 Å². The van der Waals surface area contributed by atoms with Gasteiger partial charge >= 0.3 is 0 Å². The SMILES string of the molecule is Brc1ccc(Cn2c(-c3c[nH]c4ccccc34)c3ccccc3c2-c2c[nH]c3ccccc23)cc1. The summed E-state index contributed by atoms with van der Waals surface area (Å²) in [6, 6.07) is 34.5. The first-order valence-corrected chi connectivity index (χ1v) is 12.6. The van der Waals surface area contributed by atoms with E-state index in [-0.39, 0.29) is 0 Å². The maximum atomic E-state index is 3.59. The fourth-order valence-electron chi connectivity index (χ4n) is 5.35. The van der Waals surface area contributed by atoms with Gasteiger partial charge in [-0.3, -0.25) is 0 Å². The lowest BCUT2D eigenvalue weighted by atomic mass is 10.0. The number of aromatic amines is 2. The molecule has 4 heteroatoms. The molecule has 0 atom stereocenters. The zero-order chi connectivity index (χ0) is 23.4. The topological polar surface area (TPSA) is 36.5 Å². The van der Waals surface area contributed by atoms with E-state index in [0.717, 1.165) is 22.1 Å². The zero-order valence-corrected chi connectivity index (χ0v) is 20.5. The molecule has 3 aromatic heterocycles. The average molecular weight is 516 g/mol. The number of hydrogen-bond donors (Lipinski definition) is 2. The highest BCUT2D eigenvalue weighted by molar-refractivity contribution is 9.10. The van der Waals surface area contributed by atoms with E-state index in [1.807, 2.05) is 0 Å². The van der Waals surface area contributed by atoms with Crippen LogP contribution in [-0.4, -0.2) is 14.5 Å². The van der Waals surface area contributed by atoms with E-state index in [0.29, 0.717) is 0 Å². The van der Waals surface area contributed by atoms with Crippen LogP contribution in [0, 0.1) is 0 Å². The van der Waals surface area contributed by atoms with E-state index in [2.05, 4.69) is 140 Å². The van der Waals surface area contributed by atoms with Crippen molar-refractivity contribution in [1.29, 1.82) is 0 Å². The van der Waals surface area contributed by atoms with E-state index in [1.165, 1.54) is 49.6 Å². The number of nitrogens with zero attached hydrogens (tertiary/aromatic N) is 1. The molecule has 0 aliphatic rings. The largest absolute Gasteiger partial charge is 0.360 e. The Bertz CT molecular complexity index is 1720. The lowest BCUT2D eigenvalue weighted by molar-refractivity contribution is 0.826. The number of fused-ring (bicyclic) bond motifs is 3. The lowest BCUT2D eigenvalue weighted by Gasteiger charge is -2.14. The number of rotatable bonds is 4. The van der Waals surface area contributed by atoms with Crippen molar-refractivity contribution in [3.63, 3.8) is 0 Å². The molecule has 0 spiro atoms. The Morgan fingerprint density at radius 3 is 1.51 bits per heavy atom. The molecule has 2 N–H and O–H groups in total. The maximum Gasteiger partial charge on any atom is 0.0589 e. The van der Waals surface area contributed by atoms with E-state index in [9.17, 15) is 0 Å². The molecule has 7 rings (SSSR count). The van der Waals surface area contributed by atoms with Gasteiger partial charge in [0, 0.05) is 67.1 Å². The molecule has 0 aliphatic heterocycles. The van der Waals surface area contributed by atoms with Crippen LogP contribution in [0.1, 0.15) is 5.56 Å². The van der Waals surface area contributed by atoms with Crippen LogP contribution < -0.4 is 0 Å². The second-order valence-electron chi connectivity index (χ2n) is 8.95. The molecule has 0 unspecified atom stereocenters. The third-order valence-corrected chi connectivity index (χ3v) is 7.45. The number of benzene rings is 4. The average Bonchev–Trinajstić information content (AvgIpc) is 3.59. The summed E-state index contributed by atoms with van der Waals surface area (Å²) in [6.45, 7) is 0.769. The van der Waals surface area contributed by atoms with Gasteiger partial charge in [0.05, 0.1) is 11.4 Å². The van der Waals surface area contributed by atoms with Crippen molar-refractivity contribution in [2.24, 2.45) is 0 Å². The highest BCUT2D eigenvalue weighted by Gasteiger charge is 2.23. The predicted molar refractivity (Wildman–Crippen MR) is 150 cm³/mol. The summed E-state index contributed by atoms with van der Waals surface area (Å²) in [6.07, 6.45) is 4.31. The van der Waals surface area contributed by atoms with Crippen molar-refractivity contribution in [2.75, 3.05) is 0 Å². The van der Waals surface area contributed by atoms with Gasteiger partial charge in [-0.25, -0.2) is 0 Å². The maximum absolute atomic E-state index is 3.59. The Morgan fingerprint density at radius 2 is 1.00 bits per heavy atom. The van der Waals surface area contributed by atoms with Crippen LogP contribution >= 0.6 is 15.9 Å². The standard InChI is InChI=1S/C31H22BrN3/c32-21-15-13-20(14-16-21)19-35-30(26-17-33-28-11-5-3-7-22(26)28)24-9-1-2-10-25(24)31(35)27-18-34-29-12-6-4-8-23(27)29/h1-18,33-34H,19H2. The Balaban J connectivity index is 1.60. The van der Waals surface area contributed by atoms with Crippen LogP contribution in [-0.2, 0) is 6.54 Å². The van der Waals surface area contributed by atoms with Gasteiger partial charge in [-0.2, -0.15) is 0 Å². The Kier molecular flexibility index (Phi) is 4.67. The van der Waals surface area contributed by atoms with Gasteiger partial charge in [-0.15, -0.1) is 0 Å². The van der Waals surface area contributed by atoms with Gasteiger partial charge in [-0.1, -0.05) is 88.7 Å². The molecular weight excluding hydrogens is 494 g/mol. The fraction of sp³-hybridized carbons (Fsp3) is 0.0323. The second kappa shape index (κ2) is 8.03. The molecule has 4 aromatic carbocycles. The molecule has 7 aromatic rings. The molecule has 35 heavy (non-hydrogen) atoms. The molecule has 168 valence electrons. The Hall–Kier alpha value is -4.02. The second-order valence-corrected chi connectivity index (χ2v) is 9.87. The Labute approximate surface area is 211 Å². The smallest absolute Gasteiger partial charge is 0.0589 e. The minimum Gasteiger partial charge on any atom is -0.360 e. The summed E-state index contributed by atoms with van der Waals surface area (Å²) < 4.78 is 3.59. The van der Waals surface area contributed by atoms with Crippen molar-refractivity contribution < 1.29 is 0 Å². The number of nitrogens with one attached hydrogen (secondary N) is 2. The van der Waals surface area contributed by atoms with Gasteiger partial charge in [0.2, 0.25) is 0 Å². The van der Waals surface area contributed by atoms with Crippen molar-refractivity contribution in [1.82, 2.24) is 14.5 Å². The summed E-state index contributed by atoms with van der Waals surface area (Å²) in [7, 11) is 0. The van der Waals surface area contributed by atoms with E-state index in [4.69, 9.17) is 0 Å². The highest BCUT2D eigenvalue weighted by atomic mass is 79.9. The van der Waals surface area contributed by atoms with Gasteiger partial charge < -0.3 is 14.5 Å². The first kappa shape index (κ1) is 20.4. The summed E-state index contributed by atoms with van der Waals surface area (Å²) in [5.41, 5.74) is 8.48. The van der Waals surface area contributed by atoms with Gasteiger partial charge in [0.25, 0.3) is 0 Å². The zero-order valence-electron chi connectivity index (χ0n) is 18.9. The molecule has 0 bridgehead atoms. The molecule has 0 radical (unpaired) electrons. The first-order chi connectivity index (χ1) is 17.3. The Morgan fingerprint density at radius 1 is 0.543 bits per heavy atom. The lowest BCUT2D eigenvalue weighted by Crippen LogP contribution is -2.04. The summed E-state index contributed by atoms with van der Waals surface area (Å²) in [5.74, 6) is 0. The molecule has 0 fully saturated rings. The van der Waals surface area contributed by atoms with E-state index in [1.54, 1.807) is 0 Å². The fourth-order valence-corrected chi connectivity index (χ4v) is 5.61. The van der Waals surface area contributed by atoms with Crippen LogP contribution in [0.3, 0.4) is 0 Å². The predicted octanol–water partition coefficient (Wildman–Crippen LogP) is 8.75. The van der Waals surface area contributed by atoms with Gasteiger partial charge in [0.1, 0.15) is 0 Å². The van der Waals surface area contributed by atoms with Crippen molar-refractivity contribution >= 4 is 48.5 Å². The molecule has 3 nitrogen and oxygen atoms in total. The monoisotopic (exact) mass is 515 g/mol. The number of halogens is 1. The third kappa shape index (κ3) is 3.25. The van der Waals surface area contributed by atoms with Crippen LogP contribution in [0.2, 0.25) is 0 Å². The molecular formula is C31H22BrN3. The van der Waals surface area contributed by atoms with Crippen LogP contribution in [0.15, 0.2) is 114 Å². The molecule has 0 saturated carbocycles. The third-order valence-electron chi connectivity index (χ3n) is 6.92. The molecule has 0 saturated heterocycles. The normalized spacial score (nSPS) is 11.7. The first-order valence-electron chi connectivity index (χ1n) is 11.8. The summed E-state index contributed by atoms with van der Waals surface area (Å²) >= 11 is 3.59. The highest BCUT2D eigenvalue weighted by Crippen LogP contribution is 2.43. The van der Waals surface area contributed by atoms with E-state index < -0.39 is 0 Å². The van der Waals surface area contributed by atoms with Crippen molar-refractivity contribution in [3.05, 3.63) is 119 Å². The van der Waals surface area contributed by atoms with Crippen molar-refractivity contribution in [3.8, 4) is 22.5 Å². The van der Waals surface area contributed by atoms with E-state index >= 15 is 0 Å². The van der Waals surface area contributed by atoms with Crippen LogP contribution in [0.25, 0.3) is 55.1 Å². The molecule has 3 heterocycles. The number of para-hydroxylation sites is 2. The quantitative estimate of drug-likeness (QED) is 0.235. The minimum atomic E-state index is 0.769. The summed E-state index contributed by atoms with van der Waals surface area (Å²) in [4.78, 5) is 7.00. The molecule has 0 amide bonds.